The maximum atomic E-state index is 11.4. The van der Waals surface area contributed by atoms with Crippen molar-refractivity contribution in [2.24, 2.45) is 0 Å². The van der Waals surface area contributed by atoms with Crippen molar-refractivity contribution < 1.29 is 19.1 Å². The summed E-state index contributed by atoms with van der Waals surface area (Å²) in [6.07, 6.45) is 3.20. The van der Waals surface area contributed by atoms with Gasteiger partial charge in [0.1, 0.15) is 11.5 Å². The van der Waals surface area contributed by atoms with Crippen LogP contribution in [0.1, 0.15) is 33.6 Å². The quantitative estimate of drug-likeness (QED) is 0.262. The summed E-state index contributed by atoms with van der Waals surface area (Å²) in [5, 5.41) is 4.11. The number of fused-ring (bicyclic) bond motifs is 2. The third-order valence-corrected chi connectivity index (χ3v) is 5.06. The van der Waals surface area contributed by atoms with Gasteiger partial charge in [-0.05, 0) is 58.7 Å². The van der Waals surface area contributed by atoms with Crippen LogP contribution in [0.4, 0.5) is 0 Å². The molecule has 0 bridgehead atoms. The first kappa shape index (κ1) is 19.6. The lowest BCUT2D eigenvalue weighted by atomic mass is 10.1. The molecule has 0 aliphatic rings. The van der Waals surface area contributed by atoms with E-state index < -0.39 is 0 Å². The Morgan fingerprint density at radius 2 is 0.933 bits per heavy atom. The average molecular weight is 398 g/mol. The predicted octanol–water partition coefficient (Wildman–Crippen LogP) is 5.86. The zero-order valence-corrected chi connectivity index (χ0v) is 16.5. The Morgan fingerprint density at radius 1 is 0.567 bits per heavy atom. The summed E-state index contributed by atoms with van der Waals surface area (Å²) < 4.78 is 11.7. The molecule has 0 spiro atoms. The van der Waals surface area contributed by atoms with Gasteiger partial charge in [0.2, 0.25) is 0 Å². The molecule has 0 radical (unpaired) electrons. The normalized spacial score (nSPS) is 10.8. The maximum absolute atomic E-state index is 11.4. The van der Waals surface area contributed by atoms with E-state index in [4.69, 9.17) is 9.47 Å². The number of carbonyl (C=O) groups is 2. The number of unbranched alkanes of at least 4 members (excludes halogenated alkanes) is 1. The van der Waals surface area contributed by atoms with Crippen molar-refractivity contribution >= 4 is 34.1 Å². The molecule has 0 aliphatic heterocycles. The first-order chi connectivity index (χ1) is 14.8. The molecule has 0 saturated heterocycles. The zero-order valence-electron chi connectivity index (χ0n) is 16.5. The lowest BCUT2D eigenvalue weighted by molar-refractivity contribution is 0.111. The molecule has 0 atom stereocenters. The fourth-order valence-corrected chi connectivity index (χ4v) is 3.48. The second kappa shape index (κ2) is 9.23. The molecule has 4 rings (SSSR count). The minimum absolute atomic E-state index is 0.487. The molecule has 4 nitrogen and oxygen atoms in total. The van der Waals surface area contributed by atoms with Gasteiger partial charge in [-0.3, -0.25) is 9.59 Å². The molecule has 0 N–H and O–H groups in total. The van der Waals surface area contributed by atoms with E-state index in [-0.39, 0.29) is 0 Å². The largest absolute Gasteiger partial charge is 0.493 e. The lowest BCUT2D eigenvalue weighted by Gasteiger charge is -2.12. The number of hydrogen-bond donors (Lipinski definition) is 0. The van der Waals surface area contributed by atoms with E-state index in [1.807, 2.05) is 72.8 Å². The molecule has 4 aromatic carbocycles. The van der Waals surface area contributed by atoms with Crippen molar-refractivity contribution in [1.82, 2.24) is 0 Å². The van der Waals surface area contributed by atoms with E-state index >= 15 is 0 Å². The van der Waals surface area contributed by atoms with E-state index in [2.05, 4.69) is 0 Å². The van der Waals surface area contributed by atoms with Gasteiger partial charge >= 0.3 is 0 Å². The highest BCUT2D eigenvalue weighted by molar-refractivity contribution is 5.93. The van der Waals surface area contributed by atoms with Gasteiger partial charge in [0.15, 0.2) is 12.6 Å². The number of ether oxygens (including phenoxy) is 2. The Bertz CT molecular complexity index is 1100. The minimum Gasteiger partial charge on any atom is -0.493 e. The number of hydrogen-bond acceptors (Lipinski definition) is 4. The molecule has 30 heavy (non-hydrogen) atoms. The van der Waals surface area contributed by atoms with Crippen molar-refractivity contribution in [3.63, 3.8) is 0 Å². The fraction of sp³-hybridized carbons (Fsp3) is 0.154. The standard InChI is InChI=1S/C26H22O4/c27-17-23-13-19-7-1-3-9-21(19)15-25(23)29-11-5-6-12-30-26-16-22-10-4-2-8-20(22)14-24(26)18-28/h1-4,7-10,13-18H,5-6,11-12H2. The summed E-state index contributed by atoms with van der Waals surface area (Å²) in [4.78, 5) is 22.8. The number of rotatable bonds is 9. The Hall–Kier alpha value is -3.66. The van der Waals surface area contributed by atoms with Gasteiger partial charge in [-0.25, -0.2) is 0 Å². The van der Waals surface area contributed by atoms with Gasteiger partial charge < -0.3 is 9.47 Å². The molecule has 150 valence electrons. The van der Waals surface area contributed by atoms with Crippen molar-refractivity contribution in [3.8, 4) is 11.5 Å². The molecule has 4 aromatic rings. The molecular formula is C26H22O4. The highest BCUT2D eigenvalue weighted by atomic mass is 16.5. The van der Waals surface area contributed by atoms with Gasteiger partial charge in [-0.1, -0.05) is 48.5 Å². The summed E-state index contributed by atoms with van der Waals surface area (Å²) in [7, 11) is 0. The molecular weight excluding hydrogens is 376 g/mol. The van der Waals surface area contributed by atoms with Crippen LogP contribution in [0.5, 0.6) is 11.5 Å². The number of carbonyl (C=O) groups excluding carboxylic acids is 2. The van der Waals surface area contributed by atoms with Crippen molar-refractivity contribution in [1.29, 1.82) is 0 Å². The number of benzene rings is 4. The van der Waals surface area contributed by atoms with Crippen LogP contribution in [0.25, 0.3) is 21.5 Å². The topological polar surface area (TPSA) is 52.6 Å². The lowest BCUT2D eigenvalue weighted by Crippen LogP contribution is -2.05. The van der Waals surface area contributed by atoms with Crippen molar-refractivity contribution in [3.05, 3.63) is 83.9 Å². The Balaban J connectivity index is 1.32. The second-order valence-electron chi connectivity index (χ2n) is 7.11. The first-order valence-electron chi connectivity index (χ1n) is 10.00. The smallest absolute Gasteiger partial charge is 0.153 e. The van der Waals surface area contributed by atoms with Gasteiger partial charge in [-0.15, -0.1) is 0 Å². The summed E-state index contributed by atoms with van der Waals surface area (Å²) >= 11 is 0. The van der Waals surface area contributed by atoms with Crippen LogP contribution in [-0.2, 0) is 0 Å². The minimum atomic E-state index is 0.487. The summed E-state index contributed by atoms with van der Waals surface area (Å²) in [5.41, 5.74) is 1.11. The second-order valence-corrected chi connectivity index (χ2v) is 7.11. The van der Waals surface area contributed by atoms with Crippen LogP contribution in [0.3, 0.4) is 0 Å². The third kappa shape index (κ3) is 4.33. The van der Waals surface area contributed by atoms with Crippen molar-refractivity contribution in [2.75, 3.05) is 13.2 Å². The molecule has 0 amide bonds. The van der Waals surface area contributed by atoms with Gasteiger partial charge in [-0.2, -0.15) is 0 Å². The van der Waals surface area contributed by atoms with E-state index in [0.29, 0.717) is 35.8 Å². The molecule has 0 fully saturated rings. The van der Waals surface area contributed by atoms with Crippen LogP contribution < -0.4 is 9.47 Å². The molecule has 0 unspecified atom stereocenters. The van der Waals surface area contributed by atoms with E-state index in [1.165, 1.54) is 0 Å². The Morgan fingerprint density at radius 3 is 1.30 bits per heavy atom. The van der Waals surface area contributed by atoms with Gasteiger partial charge in [0, 0.05) is 0 Å². The van der Waals surface area contributed by atoms with E-state index in [1.54, 1.807) is 0 Å². The SMILES string of the molecule is O=Cc1cc2ccccc2cc1OCCCCOc1cc2ccccc2cc1C=O. The van der Waals surface area contributed by atoms with Crippen LogP contribution >= 0.6 is 0 Å². The fourth-order valence-electron chi connectivity index (χ4n) is 3.48. The first-order valence-corrected chi connectivity index (χ1v) is 10.00. The summed E-state index contributed by atoms with van der Waals surface area (Å²) in [6, 6.07) is 23.3. The van der Waals surface area contributed by atoms with Crippen molar-refractivity contribution in [2.45, 2.75) is 12.8 Å². The van der Waals surface area contributed by atoms with Crippen LogP contribution in [0.15, 0.2) is 72.8 Å². The highest BCUT2D eigenvalue weighted by Gasteiger charge is 2.07. The van der Waals surface area contributed by atoms with Gasteiger partial charge in [0.25, 0.3) is 0 Å². The maximum Gasteiger partial charge on any atom is 0.153 e. The van der Waals surface area contributed by atoms with E-state index in [0.717, 1.165) is 47.0 Å². The molecule has 0 aromatic heterocycles. The molecule has 0 aliphatic carbocycles. The van der Waals surface area contributed by atoms with Crippen LogP contribution in [-0.4, -0.2) is 25.8 Å². The van der Waals surface area contributed by atoms with Crippen LogP contribution in [0, 0.1) is 0 Å². The third-order valence-electron chi connectivity index (χ3n) is 5.06. The summed E-state index contributed by atoms with van der Waals surface area (Å²) in [5.74, 6) is 1.20. The monoisotopic (exact) mass is 398 g/mol. The molecule has 0 heterocycles. The summed E-state index contributed by atoms with van der Waals surface area (Å²) in [6.45, 7) is 0.974. The highest BCUT2D eigenvalue weighted by Crippen LogP contribution is 2.26. The average Bonchev–Trinajstić information content (AvgIpc) is 2.80. The zero-order chi connectivity index (χ0) is 20.8. The number of aldehydes is 2. The predicted molar refractivity (Wildman–Crippen MR) is 119 cm³/mol. The Labute approximate surface area is 175 Å². The van der Waals surface area contributed by atoms with Gasteiger partial charge in [0.05, 0.1) is 24.3 Å². The molecule has 0 saturated carbocycles. The van der Waals surface area contributed by atoms with E-state index in [9.17, 15) is 9.59 Å². The van der Waals surface area contributed by atoms with Crippen LogP contribution in [0.2, 0.25) is 0 Å². The Kier molecular flexibility index (Phi) is 6.04. The molecule has 4 heteroatoms.